The fraction of sp³-hybridized carbons (Fsp3) is 0.846. The topological polar surface area (TPSA) is 87.7 Å². The van der Waals surface area contributed by atoms with E-state index in [1.807, 2.05) is 13.8 Å². The van der Waals surface area contributed by atoms with E-state index in [0.717, 1.165) is 25.7 Å². The van der Waals surface area contributed by atoms with Crippen molar-refractivity contribution in [3.8, 4) is 0 Å². The normalized spacial score (nSPS) is 27.4. The van der Waals surface area contributed by atoms with Gasteiger partial charge in [0.25, 0.3) is 0 Å². The number of aliphatic carboxylic acids is 1. The maximum Gasteiger partial charge on any atom is 0.326 e. The molecule has 0 aromatic rings. The van der Waals surface area contributed by atoms with Gasteiger partial charge in [0.05, 0.1) is 5.60 Å². The Morgan fingerprint density at radius 3 is 2.53 bits per heavy atom. The van der Waals surface area contributed by atoms with Crippen molar-refractivity contribution < 1.29 is 19.4 Å². The van der Waals surface area contributed by atoms with Crippen molar-refractivity contribution in [2.24, 2.45) is 5.92 Å². The highest BCUT2D eigenvalue weighted by atomic mass is 16.5. The van der Waals surface area contributed by atoms with Gasteiger partial charge in [-0.25, -0.2) is 9.59 Å². The van der Waals surface area contributed by atoms with Gasteiger partial charge in [0.2, 0.25) is 0 Å². The summed E-state index contributed by atoms with van der Waals surface area (Å²) in [6, 6.07) is -1.10. The van der Waals surface area contributed by atoms with Crippen LogP contribution in [-0.2, 0) is 9.53 Å². The quantitative estimate of drug-likeness (QED) is 0.714. The number of amides is 2. The Hall–Kier alpha value is -1.30. The maximum atomic E-state index is 11.8. The molecule has 0 spiro atoms. The summed E-state index contributed by atoms with van der Waals surface area (Å²) in [7, 11) is 0. The van der Waals surface area contributed by atoms with E-state index in [2.05, 4.69) is 10.6 Å². The molecule has 6 heteroatoms. The Morgan fingerprint density at radius 2 is 2.00 bits per heavy atom. The highest BCUT2D eigenvalue weighted by molar-refractivity contribution is 5.83. The average Bonchev–Trinajstić information content (AvgIpc) is 3.07. The first-order valence-electron chi connectivity index (χ1n) is 6.81. The number of carbonyl (C=O) groups is 2. The Kier molecular flexibility index (Phi) is 3.99. The maximum absolute atomic E-state index is 11.8. The van der Waals surface area contributed by atoms with Crippen LogP contribution >= 0.6 is 0 Å². The molecule has 2 fully saturated rings. The molecule has 19 heavy (non-hydrogen) atoms. The molecule has 2 aliphatic rings. The minimum atomic E-state index is -0.954. The Bertz CT molecular complexity index is 366. The summed E-state index contributed by atoms with van der Waals surface area (Å²) in [4.78, 5) is 22.9. The van der Waals surface area contributed by atoms with E-state index in [1.54, 1.807) is 0 Å². The van der Waals surface area contributed by atoms with E-state index in [9.17, 15) is 9.59 Å². The molecule has 0 aromatic heterocycles. The molecule has 2 rings (SSSR count). The first-order chi connectivity index (χ1) is 8.87. The summed E-state index contributed by atoms with van der Waals surface area (Å²) < 4.78 is 5.58. The molecule has 2 unspecified atom stereocenters. The Labute approximate surface area is 112 Å². The number of ether oxygens (including phenoxy) is 1. The van der Waals surface area contributed by atoms with Crippen LogP contribution in [0.3, 0.4) is 0 Å². The fourth-order valence-electron chi connectivity index (χ4n) is 2.53. The van der Waals surface area contributed by atoms with Crippen LogP contribution in [0.4, 0.5) is 4.79 Å². The van der Waals surface area contributed by atoms with Gasteiger partial charge in [0, 0.05) is 12.6 Å². The van der Waals surface area contributed by atoms with Gasteiger partial charge in [-0.15, -0.1) is 0 Å². The van der Waals surface area contributed by atoms with Crippen LogP contribution < -0.4 is 10.6 Å². The molecule has 6 nitrogen and oxygen atoms in total. The second-order valence-corrected chi connectivity index (χ2v) is 6.07. The van der Waals surface area contributed by atoms with Crippen molar-refractivity contribution in [3.63, 3.8) is 0 Å². The molecule has 1 saturated carbocycles. The number of carboxylic acids is 1. The van der Waals surface area contributed by atoms with Crippen LogP contribution in [0.15, 0.2) is 0 Å². The number of urea groups is 1. The third-order valence-corrected chi connectivity index (χ3v) is 3.68. The summed E-state index contributed by atoms with van der Waals surface area (Å²) in [6.07, 6.45) is 3.25. The Balaban J connectivity index is 1.81. The number of nitrogens with one attached hydrogen (secondary N) is 2. The fourth-order valence-corrected chi connectivity index (χ4v) is 2.53. The summed E-state index contributed by atoms with van der Waals surface area (Å²) in [5.41, 5.74) is -0.237. The van der Waals surface area contributed by atoms with Crippen LogP contribution in [0.2, 0.25) is 0 Å². The summed E-state index contributed by atoms with van der Waals surface area (Å²) in [5.74, 6) is -0.862. The Morgan fingerprint density at radius 1 is 1.32 bits per heavy atom. The van der Waals surface area contributed by atoms with E-state index >= 15 is 0 Å². The predicted molar refractivity (Wildman–Crippen MR) is 68.9 cm³/mol. The lowest BCUT2D eigenvalue weighted by molar-refractivity contribution is -0.139. The van der Waals surface area contributed by atoms with E-state index in [1.165, 1.54) is 0 Å². The van der Waals surface area contributed by atoms with Crippen molar-refractivity contribution in [3.05, 3.63) is 0 Å². The molecule has 0 bridgehead atoms. The molecule has 1 heterocycles. The van der Waals surface area contributed by atoms with Crippen molar-refractivity contribution in [2.75, 3.05) is 6.61 Å². The first kappa shape index (κ1) is 14.1. The minimum Gasteiger partial charge on any atom is -0.480 e. The van der Waals surface area contributed by atoms with Crippen LogP contribution in [0.25, 0.3) is 0 Å². The molecular formula is C13H22N2O4. The molecule has 108 valence electrons. The van der Waals surface area contributed by atoms with Crippen molar-refractivity contribution >= 4 is 12.0 Å². The lowest BCUT2D eigenvalue weighted by atomic mass is 9.94. The van der Waals surface area contributed by atoms with Gasteiger partial charge in [0.1, 0.15) is 6.04 Å². The van der Waals surface area contributed by atoms with Crippen LogP contribution in [0, 0.1) is 5.92 Å². The zero-order valence-electron chi connectivity index (χ0n) is 11.4. The molecule has 0 aromatic carbocycles. The molecule has 1 aliphatic heterocycles. The first-order valence-corrected chi connectivity index (χ1v) is 6.81. The summed E-state index contributed by atoms with van der Waals surface area (Å²) in [5, 5.41) is 14.5. The largest absolute Gasteiger partial charge is 0.480 e. The van der Waals surface area contributed by atoms with Gasteiger partial charge >= 0.3 is 12.0 Å². The van der Waals surface area contributed by atoms with Crippen molar-refractivity contribution in [2.45, 2.75) is 57.2 Å². The van der Waals surface area contributed by atoms with Gasteiger partial charge in [0.15, 0.2) is 0 Å². The molecule has 2 atom stereocenters. The molecule has 2 amide bonds. The van der Waals surface area contributed by atoms with Crippen LogP contribution in [0.5, 0.6) is 0 Å². The molecule has 3 N–H and O–H groups in total. The lowest BCUT2D eigenvalue weighted by Crippen LogP contribution is -2.52. The van der Waals surface area contributed by atoms with E-state index in [-0.39, 0.29) is 23.6 Å². The van der Waals surface area contributed by atoms with Gasteiger partial charge in [-0.05, 0) is 45.4 Å². The minimum absolute atomic E-state index is 0.0393. The molecule has 1 aliphatic carbocycles. The summed E-state index contributed by atoms with van der Waals surface area (Å²) in [6.45, 7) is 4.59. The van der Waals surface area contributed by atoms with Gasteiger partial charge in [-0.3, -0.25) is 0 Å². The number of carbonyl (C=O) groups excluding carboxylic acids is 1. The third-order valence-electron chi connectivity index (χ3n) is 3.68. The third kappa shape index (κ3) is 4.09. The van der Waals surface area contributed by atoms with Gasteiger partial charge < -0.3 is 20.5 Å². The van der Waals surface area contributed by atoms with Crippen molar-refractivity contribution in [1.82, 2.24) is 10.6 Å². The van der Waals surface area contributed by atoms with E-state index in [0.29, 0.717) is 6.61 Å². The average molecular weight is 270 g/mol. The van der Waals surface area contributed by atoms with Gasteiger partial charge in [-0.1, -0.05) is 0 Å². The SMILES string of the molecule is CC1(C)CC(NC(=O)NC(C(=O)O)C2CC2)CCO1. The predicted octanol–water partition coefficient (Wildman–Crippen LogP) is 1.11. The highest BCUT2D eigenvalue weighted by Crippen LogP contribution is 2.32. The van der Waals surface area contributed by atoms with E-state index < -0.39 is 12.0 Å². The lowest BCUT2D eigenvalue weighted by Gasteiger charge is -2.35. The number of rotatable bonds is 4. The number of hydrogen-bond donors (Lipinski definition) is 3. The second-order valence-electron chi connectivity index (χ2n) is 6.07. The molecule has 1 saturated heterocycles. The van der Waals surface area contributed by atoms with Crippen LogP contribution in [-0.4, -0.2) is 41.4 Å². The van der Waals surface area contributed by atoms with Crippen LogP contribution in [0.1, 0.15) is 39.5 Å². The highest BCUT2D eigenvalue weighted by Gasteiger charge is 2.38. The summed E-state index contributed by atoms with van der Waals surface area (Å²) >= 11 is 0. The zero-order chi connectivity index (χ0) is 14.0. The number of carboxylic acid groups (broad SMARTS) is 1. The molecular weight excluding hydrogens is 248 g/mol. The zero-order valence-corrected chi connectivity index (χ0v) is 11.4. The monoisotopic (exact) mass is 270 g/mol. The smallest absolute Gasteiger partial charge is 0.326 e. The second kappa shape index (κ2) is 5.36. The standard InChI is InChI=1S/C13H22N2O4/c1-13(2)7-9(5-6-19-13)14-12(18)15-10(11(16)17)8-3-4-8/h8-10H,3-7H2,1-2H3,(H,16,17)(H2,14,15,18). The van der Waals surface area contributed by atoms with E-state index in [4.69, 9.17) is 9.84 Å². The van der Waals surface area contributed by atoms with Gasteiger partial charge in [-0.2, -0.15) is 0 Å². The molecule has 0 radical (unpaired) electrons. The number of hydrogen-bond acceptors (Lipinski definition) is 3. The van der Waals surface area contributed by atoms with Crippen molar-refractivity contribution in [1.29, 1.82) is 0 Å².